The van der Waals surface area contributed by atoms with Crippen LogP contribution in [-0.4, -0.2) is 5.97 Å². The van der Waals surface area contributed by atoms with Crippen molar-refractivity contribution in [2.45, 2.75) is 0 Å². The number of carbonyl (C=O) groups excluding carboxylic acids is 1. The Morgan fingerprint density at radius 3 is 2.24 bits per heavy atom. The Kier molecular flexibility index (Phi) is 3.14. The van der Waals surface area contributed by atoms with Gasteiger partial charge in [-0.2, -0.15) is 0 Å². The first-order valence-electron chi connectivity index (χ1n) is 4.88. The van der Waals surface area contributed by atoms with E-state index in [4.69, 9.17) is 4.74 Å². The summed E-state index contributed by atoms with van der Waals surface area (Å²) in [5.41, 5.74) is 0.0780. The highest BCUT2D eigenvalue weighted by atomic mass is 19.1. The lowest BCUT2D eigenvalue weighted by Gasteiger charge is -2.04. The predicted molar refractivity (Wildman–Crippen MR) is 57.8 cm³/mol. The summed E-state index contributed by atoms with van der Waals surface area (Å²) in [6, 6.07) is 10.3. The van der Waals surface area contributed by atoms with Crippen molar-refractivity contribution in [1.82, 2.24) is 0 Å². The third kappa shape index (κ3) is 2.87. The summed E-state index contributed by atoms with van der Waals surface area (Å²) in [6.07, 6.45) is 0. The summed E-state index contributed by atoms with van der Waals surface area (Å²) < 4.78 is 30.6. The fourth-order valence-electron chi connectivity index (χ4n) is 1.31. The van der Waals surface area contributed by atoms with Gasteiger partial charge in [0.1, 0.15) is 17.4 Å². The second-order valence-corrected chi connectivity index (χ2v) is 3.36. The van der Waals surface area contributed by atoms with E-state index in [0.29, 0.717) is 0 Å². The second kappa shape index (κ2) is 4.74. The first kappa shape index (κ1) is 11.3. The molecule has 0 saturated heterocycles. The molecule has 0 aliphatic heterocycles. The Hall–Kier alpha value is -2.23. The van der Waals surface area contributed by atoms with Gasteiger partial charge in [-0.25, -0.2) is 13.6 Å². The summed E-state index contributed by atoms with van der Waals surface area (Å²) in [7, 11) is 0. The van der Waals surface area contributed by atoms with Gasteiger partial charge in [0.05, 0.1) is 5.56 Å². The lowest BCUT2D eigenvalue weighted by molar-refractivity contribution is 0.0734. The average molecular weight is 234 g/mol. The van der Waals surface area contributed by atoms with Crippen LogP contribution in [0.15, 0.2) is 48.5 Å². The van der Waals surface area contributed by atoms with E-state index in [1.807, 2.05) is 0 Å². The smallest absolute Gasteiger partial charge is 0.343 e. The van der Waals surface area contributed by atoms with Gasteiger partial charge in [-0.3, -0.25) is 0 Å². The van der Waals surface area contributed by atoms with E-state index < -0.39 is 17.6 Å². The largest absolute Gasteiger partial charge is 0.423 e. The molecule has 0 aliphatic rings. The molecule has 0 amide bonds. The third-order valence-corrected chi connectivity index (χ3v) is 2.07. The van der Waals surface area contributed by atoms with Gasteiger partial charge in [0.15, 0.2) is 0 Å². The van der Waals surface area contributed by atoms with E-state index in [9.17, 15) is 13.6 Å². The van der Waals surface area contributed by atoms with Gasteiger partial charge in [-0.15, -0.1) is 0 Å². The molecule has 2 aromatic carbocycles. The Morgan fingerprint density at radius 1 is 0.941 bits per heavy atom. The van der Waals surface area contributed by atoms with E-state index in [1.165, 1.54) is 36.4 Å². The molecule has 0 spiro atoms. The second-order valence-electron chi connectivity index (χ2n) is 3.36. The first-order valence-corrected chi connectivity index (χ1v) is 4.88. The van der Waals surface area contributed by atoms with Gasteiger partial charge in [-0.1, -0.05) is 12.1 Å². The van der Waals surface area contributed by atoms with Crippen LogP contribution in [0.5, 0.6) is 5.75 Å². The number of carbonyl (C=O) groups is 1. The van der Waals surface area contributed by atoms with E-state index in [0.717, 1.165) is 12.1 Å². The fourth-order valence-corrected chi connectivity index (χ4v) is 1.31. The third-order valence-electron chi connectivity index (χ3n) is 2.07. The van der Waals surface area contributed by atoms with Gasteiger partial charge in [0, 0.05) is 6.07 Å². The predicted octanol–water partition coefficient (Wildman–Crippen LogP) is 3.18. The highest BCUT2D eigenvalue weighted by Crippen LogP contribution is 2.14. The Balaban J connectivity index is 2.17. The molecule has 2 aromatic rings. The molecule has 0 saturated carbocycles. The first-order chi connectivity index (χ1) is 8.15. The lowest BCUT2D eigenvalue weighted by Crippen LogP contribution is -2.08. The number of benzene rings is 2. The minimum absolute atomic E-state index is 0.0780. The van der Waals surface area contributed by atoms with Crippen molar-refractivity contribution in [3.8, 4) is 5.75 Å². The average Bonchev–Trinajstić information content (AvgIpc) is 2.29. The summed E-state index contributed by atoms with van der Waals surface area (Å²) in [4.78, 5) is 11.6. The van der Waals surface area contributed by atoms with E-state index >= 15 is 0 Å². The summed E-state index contributed by atoms with van der Waals surface area (Å²) in [6.45, 7) is 0. The minimum Gasteiger partial charge on any atom is -0.423 e. The van der Waals surface area contributed by atoms with E-state index in [2.05, 4.69) is 0 Å². The number of rotatable bonds is 2. The van der Waals surface area contributed by atoms with Crippen LogP contribution in [0.4, 0.5) is 8.78 Å². The molecule has 0 radical (unpaired) electrons. The summed E-state index contributed by atoms with van der Waals surface area (Å²) >= 11 is 0. The minimum atomic E-state index is -0.727. The molecule has 4 heteroatoms. The van der Waals surface area contributed by atoms with Crippen LogP contribution in [0.1, 0.15) is 10.4 Å². The van der Waals surface area contributed by atoms with Crippen LogP contribution >= 0.6 is 0 Å². The maximum atomic E-state index is 12.9. The van der Waals surface area contributed by atoms with Crippen molar-refractivity contribution in [3.63, 3.8) is 0 Å². The maximum absolute atomic E-state index is 12.9. The van der Waals surface area contributed by atoms with Gasteiger partial charge in [0.25, 0.3) is 0 Å². The van der Waals surface area contributed by atoms with Crippen LogP contribution in [0.25, 0.3) is 0 Å². The van der Waals surface area contributed by atoms with Gasteiger partial charge >= 0.3 is 5.97 Å². The number of hydrogen-bond donors (Lipinski definition) is 0. The van der Waals surface area contributed by atoms with Crippen molar-refractivity contribution in [3.05, 3.63) is 65.7 Å². The zero-order chi connectivity index (χ0) is 12.3. The molecule has 86 valence electrons. The lowest BCUT2D eigenvalue weighted by atomic mass is 10.2. The molecule has 0 atom stereocenters. The normalized spacial score (nSPS) is 10.0. The van der Waals surface area contributed by atoms with Crippen LogP contribution in [0, 0.1) is 11.6 Å². The molecule has 0 heterocycles. The Bertz CT molecular complexity index is 553. The quantitative estimate of drug-likeness (QED) is 0.589. The molecule has 0 aliphatic carbocycles. The molecule has 0 aromatic heterocycles. The Morgan fingerprint density at radius 2 is 1.59 bits per heavy atom. The van der Waals surface area contributed by atoms with Gasteiger partial charge in [0.2, 0.25) is 0 Å². The molecule has 0 bridgehead atoms. The van der Waals surface area contributed by atoms with Crippen LogP contribution in [0.3, 0.4) is 0 Å². The fraction of sp³-hybridized carbons (Fsp3) is 0. The zero-order valence-electron chi connectivity index (χ0n) is 8.69. The van der Waals surface area contributed by atoms with Crippen molar-refractivity contribution in [2.24, 2.45) is 0 Å². The SMILES string of the molecule is O=C(Oc1cccc(F)c1)c1cccc(F)c1. The van der Waals surface area contributed by atoms with Crippen molar-refractivity contribution < 1.29 is 18.3 Å². The molecular formula is C13H8F2O2. The van der Waals surface area contributed by atoms with E-state index in [1.54, 1.807) is 0 Å². The summed E-state index contributed by atoms with van der Waals surface area (Å²) in [5, 5.41) is 0. The number of halogens is 2. The summed E-state index contributed by atoms with van der Waals surface area (Å²) in [5.74, 6) is -1.68. The number of hydrogen-bond acceptors (Lipinski definition) is 2. The Labute approximate surface area is 96.5 Å². The van der Waals surface area contributed by atoms with Crippen molar-refractivity contribution >= 4 is 5.97 Å². The standard InChI is InChI=1S/C13H8F2O2/c14-10-4-1-3-9(7-10)13(16)17-12-6-2-5-11(15)8-12/h1-8H. The van der Waals surface area contributed by atoms with Crippen LogP contribution in [-0.2, 0) is 0 Å². The van der Waals surface area contributed by atoms with Crippen molar-refractivity contribution in [2.75, 3.05) is 0 Å². The number of esters is 1. The van der Waals surface area contributed by atoms with Gasteiger partial charge < -0.3 is 4.74 Å². The molecule has 0 unspecified atom stereocenters. The molecule has 2 nitrogen and oxygen atoms in total. The van der Waals surface area contributed by atoms with Crippen LogP contribution in [0.2, 0.25) is 0 Å². The molecule has 2 rings (SSSR count). The van der Waals surface area contributed by atoms with E-state index in [-0.39, 0.29) is 11.3 Å². The zero-order valence-corrected chi connectivity index (χ0v) is 8.69. The highest BCUT2D eigenvalue weighted by molar-refractivity contribution is 5.90. The van der Waals surface area contributed by atoms with Crippen LogP contribution < -0.4 is 4.74 Å². The molecule has 17 heavy (non-hydrogen) atoms. The maximum Gasteiger partial charge on any atom is 0.343 e. The molecular weight excluding hydrogens is 226 g/mol. The van der Waals surface area contributed by atoms with Gasteiger partial charge in [-0.05, 0) is 30.3 Å². The topological polar surface area (TPSA) is 26.3 Å². The monoisotopic (exact) mass is 234 g/mol. The number of ether oxygens (including phenoxy) is 1. The highest BCUT2D eigenvalue weighted by Gasteiger charge is 2.09. The molecule has 0 N–H and O–H groups in total. The van der Waals surface area contributed by atoms with Crippen molar-refractivity contribution in [1.29, 1.82) is 0 Å². The molecule has 0 fully saturated rings.